The monoisotopic (exact) mass is 542 g/mol. The van der Waals surface area contributed by atoms with E-state index in [-0.39, 0.29) is 17.5 Å². The quantitative estimate of drug-likeness (QED) is 0.340. The topological polar surface area (TPSA) is 76.9 Å². The molecule has 1 N–H and O–H groups in total. The fourth-order valence-electron chi connectivity index (χ4n) is 3.03. The summed E-state index contributed by atoms with van der Waals surface area (Å²) < 4.78 is 2.51. The number of thiazole rings is 1. The van der Waals surface area contributed by atoms with Gasteiger partial charge in [0.2, 0.25) is 0 Å². The maximum Gasteiger partial charge on any atom is 0.267 e. The minimum Gasteiger partial charge on any atom is -0.298 e. The normalized spacial score (nSPS) is 11.0. The van der Waals surface area contributed by atoms with Crippen molar-refractivity contribution in [1.29, 1.82) is 0 Å². The van der Waals surface area contributed by atoms with Crippen molar-refractivity contribution >= 4 is 45.0 Å². The zero-order valence-electron chi connectivity index (χ0n) is 16.9. The number of anilines is 1. The summed E-state index contributed by atoms with van der Waals surface area (Å²) in [5.41, 5.74) is 2.67. The first-order valence-electron chi connectivity index (χ1n) is 9.66. The fourth-order valence-corrected chi connectivity index (χ4v) is 4.33. The molecule has 0 saturated carbocycles. The number of amides is 1. The fraction of sp³-hybridized carbons (Fsp3) is 0.130. The Morgan fingerprint density at radius 1 is 1.03 bits per heavy atom. The highest BCUT2D eigenvalue weighted by Crippen LogP contribution is 2.38. The van der Waals surface area contributed by atoms with Gasteiger partial charge in [0.15, 0.2) is 5.13 Å². The summed E-state index contributed by atoms with van der Waals surface area (Å²) in [6, 6.07) is 20.2. The molecule has 0 aliphatic heterocycles. The Kier molecular flexibility index (Phi) is 6.28. The Bertz CT molecular complexity index is 1280. The lowest BCUT2D eigenvalue weighted by molar-refractivity contribution is 0.102. The van der Waals surface area contributed by atoms with Gasteiger partial charge < -0.3 is 0 Å². The number of hydrogen-bond donors (Lipinski definition) is 1. The van der Waals surface area contributed by atoms with Crippen molar-refractivity contribution in [3.63, 3.8) is 0 Å². The second-order valence-electron chi connectivity index (χ2n) is 7.12. The summed E-state index contributed by atoms with van der Waals surface area (Å²) in [5, 5.41) is 7.92. The Hall–Kier alpha value is -2.85. The van der Waals surface area contributed by atoms with Crippen LogP contribution in [0.4, 0.5) is 5.13 Å². The van der Waals surface area contributed by atoms with Crippen molar-refractivity contribution in [2.45, 2.75) is 19.9 Å². The third-order valence-corrected chi connectivity index (χ3v) is 6.26. The van der Waals surface area contributed by atoms with Crippen LogP contribution in [0.3, 0.4) is 0 Å². The maximum atomic E-state index is 12.7. The van der Waals surface area contributed by atoms with Crippen molar-refractivity contribution < 1.29 is 4.79 Å². The van der Waals surface area contributed by atoms with E-state index in [2.05, 4.69) is 33.0 Å². The van der Waals surface area contributed by atoms with E-state index >= 15 is 0 Å². The summed E-state index contributed by atoms with van der Waals surface area (Å²) in [6.45, 7) is 3.82. The average molecular weight is 542 g/mol. The van der Waals surface area contributed by atoms with Crippen molar-refractivity contribution in [3.05, 3.63) is 86.2 Å². The number of hydrogen-bond acceptors (Lipinski definition) is 5. The molecule has 0 radical (unpaired) electrons. The van der Waals surface area contributed by atoms with Crippen LogP contribution in [0.15, 0.2) is 71.5 Å². The van der Waals surface area contributed by atoms with Crippen LogP contribution in [-0.4, -0.2) is 20.7 Å². The van der Waals surface area contributed by atoms with Gasteiger partial charge in [-0.25, -0.2) is 9.67 Å². The van der Waals surface area contributed by atoms with E-state index in [9.17, 15) is 9.59 Å². The molecule has 4 rings (SSSR count). The van der Waals surface area contributed by atoms with Crippen LogP contribution in [0.2, 0.25) is 0 Å². The molecule has 0 saturated heterocycles. The number of nitrogens with zero attached hydrogens (tertiary/aromatic N) is 3. The van der Waals surface area contributed by atoms with Crippen molar-refractivity contribution in [1.82, 2.24) is 14.8 Å². The van der Waals surface area contributed by atoms with Gasteiger partial charge in [0.25, 0.3) is 11.5 Å². The van der Waals surface area contributed by atoms with E-state index in [1.165, 1.54) is 22.1 Å². The van der Waals surface area contributed by atoms with Gasteiger partial charge >= 0.3 is 0 Å². The van der Waals surface area contributed by atoms with Gasteiger partial charge in [0, 0.05) is 20.8 Å². The van der Waals surface area contributed by atoms with Gasteiger partial charge in [-0.15, -0.1) is 0 Å². The van der Waals surface area contributed by atoms with Crippen LogP contribution in [0, 0.1) is 3.57 Å². The predicted octanol–water partition coefficient (Wildman–Crippen LogP) is 5.47. The molecule has 0 aliphatic rings. The first kappa shape index (κ1) is 21.4. The molecular formula is C23H19IN4O2S. The summed E-state index contributed by atoms with van der Waals surface area (Å²) in [7, 11) is 0. The molecule has 4 aromatic rings. The Balaban J connectivity index is 1.77. The first-order chi connectivity index (χ1) is 14.9. The highest BCUT2D eigenvalue weighted by atomic mass is 127. The number of carbonyl (C=O) groups excluding carboxylic acids is 1. The molecule has 0 unspecified atom stereocenters. The number of benzene rings is 2. The summed E-state index contributed by atoms with van der Waals surface area (Å²) in [6.07, 6.45) is 0. The number of carbonyl (C=O) groups is 1. The van der Waals surface area contributed by atoms with E-state index in [0.717, 1.165) is 14.0 Å². The van der Waals surface area contributed by atoms with E-state index < -0.39 is 0 Å². The van der Waals surface area contributed by atoms with Crippen LogP contribution < -0.4 is 10.9 Å². The van der Waals surface area contributed by atoms with Gasteiger partial charge in [-0.1, -0.05) is 41.7 Å². The zero-order valence-corrected chi connectivity index (χ0v) is 19.8. The molecule has 1 amide bonds. The van der Waals surface area contributed by atoms with Crippen LogP contribution >= 0.6 is 33.9 Å². The third-order valence-electron chi connectivity index (χ3n) is 4.55. The van der Waals surface area contributed by atoms with Gasteiger partial charge in [0.1, 0.15) is 5.69 Å². The van der Waals surface area contributed by atoms with Gasteiger partial charge in [-0.05, 0) is 66.8 Å². The highest BCUT2D eigenvalue weighted by molar-refractivity contribution is 14.1. The van der Waals surface area contributed by atoms with E-state index in [1.807, 2.05) is 56.3 Å². The lowest BCUT2D eigenvalue weighted by atomic mass is 10.1. The van der Waals surface area contributed by atoms with E-state index in [4.69, 9.17) is 4.98 Å². The molecule has 0 atom stereocenters. The molecule has 8 heteroatoms. The minimum atomic E-state index is -0.226. The molecule has 0 spiro atoms. The molecule has 0 aliphatic carbocycles. The van der Waals surface area contributed by atoms with Crippen LogP contribution in [-0.2, 0) is 0 Å². The van der Waals surface area contributed by atoms with Crippen molar-refractivity contribution in [3.8, 4) is 21.8 Å². The van der Waals surface area contributed by atoms with Crippen molar-refractivity contribution in [2.24, 2.45) is 0 Å². The summed E-state index contributed by atoms with van der Waals surface area (Å²) >= 11 is 3.54. The zero-order chi connectivity index (χ0) is 22.0. The molecule has 0 fully saturated rings. The summed E-state index contributed by atoms with van der Waals surface area (Å²) in [5.74, 6) is -0.226. The van der Waals surface area contributed by atoms with Crippen LogP contribution in [0.1, 0.15) is 30.2 Å². The van der Waals surface area contributed by atoms with Crippen LogP contribution in [0.25, 0.3) is 21.8 Å². The van der Waals surface area contributed by atoms with Crippen molar-refractivity contribution in [2.75, 3.05) is 5.32 Å². The molecular weight excluding hydrogens is 523 g/mol. The third kappa shape index (κ3) is 4.75. The number of halogens is 1. The molecule has 2 heterocycles. The molecule has 0 bridgehead atoms. The maximum absolute atomic E-state index is 12.7. The second kappa shape index (κ2) is 9.11. The Morgan fingerprint density at radius 2 is 1.74 bits per heavy atom. The SMILES string of the molecule is CC(C)n1nc(-c2sc(NC(=O)c3ccc(I)cc3)nc2-c2ccccc2)ccc1=O. The Morgan fingerprint density at radius 3 is 2.42 bits per heavy atom. The summed E-state index contributed by atoms with van der Waals surface area (Å²) in [4.78, 5) is 30.3. The molecule has 2 aromatic carbocycles. The van der Waals surface area contributed by atoms with Crippen LogP contribution in [0.5, 0.6) is 0 Å². The van der Waals surface area contributed by atoms with E-state index in [0.29, 0.717) is 22.1 Å². The predicted molar refractivity (Wildman–Crippen MR) is 133 cm³/mol. The number of aromatic nitrogens is 3. The smallest absolute Gasteiger partial charge is 0.267 e. The average Bonchev–Trinajstić information content (AvgIpc) is 3.18. The number of rotatable bonds is 5. The van der Waals surface area contributed by atoms with Gasteiger partial charge in [0.05, 0.1) is 16.6 Å². The first-order valence-corrected chi connectivity index (χ1v) is 11.6. The van der Waals surface area contributed by atoms with Gasteiger partial charge in [-0.2, -0.15) is 5.10 Å². The molecule has 31 heavy (non-hydrogen) atoms. The minimum absolute atomic E-state index is 0.0689. The lowest BCUT2D eigenvalue weighted by Gasteiger charge is -2.09. The molecule has 2 aromatic heterocycles. The largest absolute Gasteiger partial charge is 0.298 e. The highest BCUT2D eigenvalue weighted by Gasteiger charge is 2.19. The second-order valence-corrected chi connectivity index (χ2v) is 9.36. The molecule has 156 valence electrons. The van der Waals surface area contributed by atoms with E-state index in [1.54, 1.807) is 18.2 Å². The number of nitrogens with one attached hydrogen (secondary N) is 1. The van der Waals surface area contributed by atoms with Gasteiger partial charge in [-0.3, -0.25) is 14.9 Å². The standard InChI is InChI=1S/C23H19IN4O2S/c1-14(2)28-19(29)13-12-18(27-28)21-20(15-6-4-3-5-7-15)25-23(31-21)26-22(30)16-8-10-17(24)11-9-16/h3-14H,1-2H3,(H,25,26,30). The lowest BCUT2D eigenvalue weighted by Crippen LogP contribution is -2.23. The Labute approximate surface area is 197 Å². The molecule has 6 nitrogen and oxygen atoms in total.